The van der Waals surface area contributed by atoms with Gasteiger partial charge in [-0.1, -0.05) is 29.8 Å². The highest BCUT2D eigenvalue weighted by Crippen LogP contribution is 2.19. The molecule has 2 aromatic rings. The Morgan fingerprint density at radius 3 is 2.30 bits per heavy atom. The number of benzene rings is 2. The van der Waals surface area contributed by atoms with Gasteiger partial charge in [0.25, 0.3) is 5.91 Å². The van der Waals surface area contributed by atoms with E-state index in [2.05, 4.69) is 16.7 Å². The molecule has 0 saturated heterocycles. The predicted molar refractivity (Wildman–Crippen MR) is 123 cm³/mol. The zero-order valence-electron chi connectivity index (χ0n) is 17.1. The van der Waals surface area contributed by atoms with Crippen LogP contribution in [-0.4, -0.2) is 30.8 Å². The number of carbonyl (C=O) groups excluding carboxylic acids is 1. The number of carbonyl (C=O) groups is 1. The van der Waals surface area contributed by atoms with Crippen LogP contribution in [0.4, 0.5) is 0 Å². The summed E-state index contributed by atoms with van der Waals surface area (Å²) in [5.41, 5.74) is 2.01. The maximum absolute atomic E-state index is 12.3. The SMILES string of the molecule is O=C(NC(=S)NCCC1=CCCCC1)c1ccc(OCCOc2ccccc2)cc1. The van der Waals surface area contributed by atoms with Crippen molar-refractivity contribution in [2.75, 3.05) is 19.8 Å². The fourth-order valence-electron chi connectivity index (χ4n) is 3.23. The average molecular weight is 425 g/mol. The van der Waals surface area contributed by atoms with E-state index < -0.39 is 0 Å². The summed E-state index contributed by atoms with van der Waals surface area (Å²) >= 11 is 5.23. The smallest absolute Gasteiger partial charge is 0.257 e. The Labute approximate surface area is 183 Å². The van der Waals surface area contributed by atoms with Gasteiger partial charge in [-0.05, 0) is 80.7 Å². The second-order valence-electron chi connectivity index (χ2n) is 7.10. The van der Waals surface area contributed by atoms with Crippen molar-refractivity contribution in [3.05, 3.63) is 71.8 Å². The highest BCUT2D eigenvalue weighted by Gasteiger charge is 2.09. The Hall–Kier alpha value is -2.86. The molecule has 0 saturated carbocycles. The molecule has 0 aromatic heterocycles. The molecule has 1 aliphatic rings. The van der Waals surface area contributed by atoms with Crippen molar-refractivity contribution in [2.24, 2.45) is 0 Å². The molecule has 30 heavy (non-hydrogen) atoms. The van der Waals surface area contributed by atoms with Crippen LogP contribution in [0.1, 0.15) is 42.5 Å². The molecule has 0 radical (unpaired) electrons. The van der Waals surface area contributed by atoms with Crippen LogP contribution in [0.3, 0.4) is 0 Å². The average Bonchev–Trinajstić information content (AvgIpc) is 2.78. The van der Waals surface area contributed by atoms with Crippen molar-refractivity contribution in [1.82, 2.24) is 10.6 Å². The van der Waals surface area contributed by atoms with Crippen molar-refractivity contribution in [1.29, 1.82) is 0 Å². The van der Waals surface area contributed by atoms with Crippen molar-refractivity contribution >= 4 is 23.2 Å². The van der Waals surface area contributed by atoms with Crippen LogP contribution in [-0.2, 0) is 0 Å². The minimum atomic E-state index is -0.233. The first-order valence-electron chi connectivity index (χ1n) is 10.4. The van der Waals surface area contributed by atoms with Crippen LogP contribution in [0.15, 0.2) is 66.2 Å². The zero-order valence-corrected chi connectivity index (χ0v) is 17.9. The molecule has 0 fully saturated rings. The van der Waals surface area contributed by atoms with E-state index in [4.69, 9.17) is 21.7 Å². The zero-order chi connectivity index (χ0) is 21.0. The fraction of sp³-hybridized carbons (Fsp3) is 0.333. The number of thiocarbonyl (C=S) groups is 1. The molecule has 158 valence electrons. The van der Waals surface area contributed by atoms with Crippen LogP contribution < -0.4 is 20.1 Å². The Morgan fingerprint density at radius 2 is 1.63 bits per heavy atom. The summed E-state index contributed by atoms with van der Waals surface area (Å²) in [6.45, 7) is 1.61. The number of para-hydroxylation sites is 1. The molecule has 0 heterocycles. The molecule has 0 atom stereocenters. The predicted octanol–water partition coefficient (Wildman–Crippen LogP) is 4.64. The lowest BCUT2D eigenvalue weighted by molar-refractivity contribution is 0.0976. The van der Waals surface area contributed by atoms with Gasteiger partial charge in [0.15, 0.2) is 5.11 Å². The van der Waals surface area contributed by atoms with Crippen molar-refractivity contribution < 1.29 is 14.3 Å². The van der Waals surface area contributed by atoms with E-state index in [1.54, 1.807) is 24.3 Å². The standard InChI is InChI=1S/C24H28N2O3S/c27-23(26-24(30)25-16-15-19-7-3-1-4-8-19)20-11-13-22(14-12-20)29-18-17-28-21-9-5-2-6-10-21/h2,5-7,9-14H,1,3-4,8,15-18H2,(H2,25,26,27,30). The van der Waals surface area contributed by atoms with Crippen molar-refractivity contribution in [3.63, 3.8) is 0 Å². The van der Waals surface area contributed by atoms with Gasteiger partial charge in [-0.3, -0.25) is 10.1 Å². The first-order chi connectivity index (χ1) is 14.7. The van der Waals surface area contributed by atoms with Crippen molar-refractivity contribution in [2.45, 2.75) is 32.1 Å². The van der Waals surface area contributed by atoms with Gasteiger partial charge < -0.3 is 14.8 Å². The molecule has 5 nitrogen and oxygen atoms in total. The molecule has 0 spiro atoms. The molecular formula is C24H28N2O3S. The molecule has 2 N–H and O–H groups in total. The van der Waals surface area contributed by atoms with Gasteiger partial charge in [0.1, 0.15) is 24.7 Å². The molecule has 0 bridgehead atoms. The van der Waals surface area contributed by atoms with Crippen molar-refractivity contribution in [3.8, 4) is 11.5 Å². The number of hydrogen-bond donors (Lipinski definition) is 2. The summed E-state index contributed by atoms with van der Waals surface area (Å²) in [6.07, 6.45) is 8.20. The van der Waals surface area contributed by atoms with E-state index in [1.165, 1.54) is 31.3 Å². The van der Waals surface area contributed by atoms with Crippen LogP contribution in [0, 0.1) is 0 Å². The quantitative estimate of drug-likeness (QED) is 0.349. The molecular weight excluding hydrogens is 396 g/mol. The highest BCUT2D eigenvalue weighted by atomic mass is 32.1. The second-order valence-corrected chi connectivity index (χ2v) is 7.51. The largest absolute Gasteiger partial charge is 0.490 e. The molecule has 6 heteroatoms. The van der Waals surface area contributed by atoms with Gasteiger partial charge >= 0.3 is 0 Å². The van der Waals surface area contributed by atoms with E-state index >= 15 is 0 Å². The third-order valence-electron chi connectivity index (χ3n) is 4.82. The van der Waals surface area contributed by atoms with Crippen LogP contribution >= 0.6 is 12.2 Å². The highest BCUT2D eigenvalue weighted by molar-refractivity contribution is 7.80. The maximum Gasteiger partial charge on any atom is 0.257 e. The van der Waals surface area contributed by atoms with E-state index in [1.807, 2.05) is 30.3 Å². The van der Waals surface area contributed by atoms with Gasteiger partial charge in [-0.25, -0.2) is 0 Å². The number of rotatable bonds is 9. The Bertz CT molecular complexity index is 851. The monoisotopic (exact) mass is 424 g/mol. The number of allylic oxidation sites excluding steroid dienone is 1. The Balaban J connectivity index is 1.34. The van der Waals surface area contributed by atoms with Gasteiger partial charge in [-0.2, -0.15) is 0 Å². The molecule has 1 amide bonds. The minimum absolute atomic E-state index is 0.233. The number of hydrogen-bond acceptors (Lipinski definition) is 4. The first kappa shape index (κ1) is 21.8. The van der Waals surface area contributed by atoms with Crippen LogP contribution in [0.25, 0.3) is 0 Å². The van der Waals surface area contributed by atoms with E-state index in [9.17, 15) is 4.79 Å². The Morgan fingerprint density at radius 1 is 0.933 bits per heavy atom. The molecule has 3 rings (SSSR count). The third-order valence-corrected chi connectivity index (χ3v) is 5.07. The molecule has 0 aliphatic heterocycles. The number of amides is 1. The number of nitrogens with one attached hydrogen (secondary N) is 2. The van der Waals surface area contributed by atoms with E-state index in [-0.39, 0.29) is 5.91 Å². The van der Waals surface area contributed by atoms with Gasteiger partial charge in [0, 0.05) is 12.1 Å². The lowest BCUT2D eigenvalue weighted by atomic mass is 9.97. The summed E-state index contributed by atoms with van der Waals surface area (Å²) in [5, 5.41) is 6.19. The normalized spacial score (nSPS) is 13.1. The topological polar surface area (TPSA) is 59.6 Å². The molecule has 0 unspecified atom stereocenters. The third kappa shape index (κ3) is 7.52. The van der Waals surface area contributed by atoms with Gasteiger partial charge in [0.2, 0.25) is 0 Å². The Kier molecular flexibility index (Phi) is 8.72. The lowest BCUT2D eigenvalue weighted by Gasteiger charge is -2.14. The lowest BCUT2D eigenvalue weighted by Crippen LogP contribution is -2.39. The second kappa shape index (κ2) is 12.0. The van der Waals surface area contributed by atoms with Gasteiger partial charge in [0.05, 0.1) is 0 Å². The van der Waals surface area contributed by atoms with Crippen LogP contribution in [0.5, 0.6) is 11.5 Å². The maximum atomic E-state index is 12.3. The summed E-state index contributed by atoms with van der Waals surface area (Å²) in [5.74, 6) is 1.26. The van der Waals surface area contributed by atoms with E-state index in [0.717, 1.165) is 18.7 Å². The van der Waals surface area contributed by atoms with Crippen LogP contribution in [0.2, 0.25) is 0 Å². The molecule has 2 aromatic carbocycles. The fourth-order valence-corrected chi connectivity index (χ4v) is 3.42. The minimum Gasteiger partial charge on any atom is -0.490 e. The summed E-state index contributed by atoms with van der Waals surface area (Å²) in [4.78, 5) is 12.3. The number of ether oxygens (including phenoxy) is 2. The van der Waals surface area contributed by atoms with E-state index in [0.29, 0.717) is 29.6 Å². The summed E-state index contributed by atoms with van der Waals surface area (Å²) in [6, 6.07) is 16.6. The first-order valence-corrected chi connectivity index (χ1v) is 10.8. The summed E-state index contributed by atoms with van der Waals surface area (Å²) in [7, 11) is 0. The summed E-state index contributed by atoms with van der Waals surface area (Å²) < 4.78 is 11.2. The molecule has 1 aliphatic carbocycles. The van der Waals surface area contributed by atoms with Gasteiger partial charge in [-0.15, -0.1) is 0 Å².